The number of likely N-dealkylation sites (tertiary alicyclic amines) is 1. The lowest BCUT2D eigenvalue weighted by atomic mass is 9.79. The van der Waals surface area contributed by atoms with Crippen LogP contribution in [0.1, 0.15) is 29.8 Å². The highest BCUT2D eigenvalue weighted by Crippen LogP contribution is 2.38. The van der Waals surface area contributed by atoms with Gasteiger partial charge in [-0.15, -0.1) is 0 Å². The summed E-state index contributed by atoms with van der Waals surface area (Å²) in [5.74, 6) is 1.11. The molecular formula is C18H21N3O4. The summed E-state index contributed by atoms with van der Waals surface area (Å²) in [6, 6.07) is 5.66. The fourth-order valence-corrected chi connectivity index (χ4v) is 3.63. The van der Waals surface area contributed by atoms with Crippen molar-refractivity contribution in [3.8, 4) is 5.88 Å². The van der Waals surface area contributed by atoms with Crippen molar-refractivity contribution in [2.45, 2.75) is 24.9 Å². The van der Waals surface area contributed by atoms with Crippen molar-refractivity contribution < 1.29 is 18.7 Å². The Morgan fingerprint density at radius 3 is 3.04 bits per heavy atom. The molecule has 7 heteroatoms. The minimum Gasteiger partial charge on any atom is -0.478 e. The molecule has 1 unspecified atom stereocenters. The lowest BCUT2D eigenvalue weighted by Crippen LogP contribution is -2.66. The predicted octanol–water partition coefficient (Wildman–Crippen LogP) is 2.16. The zero-order chi connectivity index (χ0) is 17.1. The lowest BCUT2D eigenvalue weighted by molar-refractivity contribution is -0.166. The van der Waals surface area contributed by atoms with E-state index in [-0.39, 0.29) is 11.5 Å². The van der Waals surface area contributed by atoms with Crippen LogP contribution in [0.15, 0.2) is 41.5 Å². The molecule has 2 fully saturated rings. The van der Waals surface area contributed by atoms with Gasteiger partial charge in [0.25, 0.3) is 5.91 Å². The molecule has 2 aliphatic rings. The number of amides is 1. The number of carbonyl (C=O) groups is 1. The van der Waals surface area contributed by atoms with Gasteiger partial charge in [-0.3, -0.25) is 4.79 Å². The Labute approximate surface area is 146 Å². The summed E-state index contributed by atoms with van der Waals surface area (Å²) in [6.07, 6.45) is 7.35. The van der Waals surface area contributed by atoms with Crippen LogP contribution in [0.25, 0.3) is 0 Å². The van der Waals surface area contributed by atoms with Crippen LogP contribution in [0.2, 0.25) is 0 Å². The molecule has 2 aliphatic heterocycles. The van der Waals surface area contributed by atoms with E-state index in [1.807, 2.05) is 18.2 Å². The Balaban J connectivity index is 1.25. The van der Waals surface area contributed by atoms with E-state index in [4.69, 9.17) is 13.9 Å². The highest BCUT2D eigenvalue weighted by molar-refractivity contribution is 5.92. The summed E-state index contributed by atoms with van der Waals surface area (Å²) < 4.78 is 16.6. The van der Waals surface area contributed by atoms with E-state index in [1.54, 1.807) is 11.1 Å². The standard InChI is InChI=1S/C18H21N3O4/c22-17(15-10-23-13-20-15)21-11-18(12-21)9-14(5-8-25-18)4-7-24-16-3-1-2-6-19-16/h1-3,6,10,13-14H,4-5,7-9,11-12H2. The summed E-state index contributed by atoms with van der Waals surface area (Å²) in [7, 11) is 0. The van der Waals surface area contributed by atoms with E-state index in [0.29, 0.717) is 37.2 Å². The number of rotatable bonds is 5. The van der Waals surface area contributed by atoms with E-state index in [9.17, 15) is 4.79 Å². The first-order valence-corrected chi connectivity index (χ1v) is 8.59. The molecule has 0 bridgehead atoms. The van der Waals surface area contributed by atoms with Gasteiger partial charge >= 0.3 is 0 Å². The van der Waals surface area contributed by atoms with Gasteiger partial charge in [-0.25, -0.2) is 9.97 Å². The van der Waals surface area contributed by atoms with Gasteiger partial charge < -0.3 is 18.8 Å². The maximum atomic E-state index is 12.2. The average molecular weight is 343 g/mol. The molecule has 1 spiro atoms. The number of hydrogen-bond acceptors (Lipinski definition) is 6. The van der Waals surface area contributed by atoms with Crippen molar-refractivity contribution in [3.63, 3.8) is 0 Å². The van der Waals surface area contributed by atoms with Crippen LogP contribution >= 0.6 is 0 Å². The summed E-state index contributed by atoms with van der Waals surface area (Å²) in [4.78, 5) is 22.1. The van der Waals surface area contributed by atoms with E-state index >= 15 is 0 Å². The van der Waals surface area contributed by atoms with Gasteiger partial charge in [0.1, 0.15) is 11.9 Å². The Kier molecular flexibility index (Phi) is 4.40. The largest absolute Gasteiger partial charge is 0.478 e. The Morgan fingerprint density at radius 2 is 2.28 bits per heavy atom. The first-order valence-electron chi connectivity index (χ1n) is 8.59. The molecule has 4 rings (SSSR count). The molecule has 132 valence electrons. The van der Waals surface area contributed by atoms with Crippen LogP contribution in [0.3, 0.4) is 0 Å². The van der Waals surface area contributed by atoms with Gasteiger partial charge in [0.2, 0.25) is 5.88 Å². The number of oxazole rings is 1. The minimum atomic E-state index is -0.201. The fraction of sp³-hybridized carbons (Fsp3) is 0.500. The summed E-state index contributed by atoms with van der Waals surface area (Å²) >= 11 is 0. The predicted molar refractivity (Wildman–Crippen MR) is 88.2 cm³/mol. The molecule has 7 nitrogen and oxygen atoms in total. The topological polar surface area (TPSA) is 77.7 Å². The molecule has 0 radical (unpaired) electrons. The van der Waals surface area contributed by atoms with Crippen molar-refractivity contribution in [1.82, 2.24) is 14.9 Å². The van der Waals surface area contributed by atoms with Gasteiger partial charge in [-0.05, 0) is 31.2 Å². The van der Waals surface area contributed by atoms with Crippen LogP contribution in [0.4, 0.5) is 0 Å². The van der Waals surface area contributed by atoms with E-state index < -0.39 is 0 Å². The minimum absolute atomic E-state index is 0.0939. The van der Waals surface area contributed by atoms with Crippen LogP contribution < -0.4 is 4.74 Å². The van der Waals surface area contributed by atoms with Crippen molar-refractivity contribution >= 4 is 5.91 Å². The molecule has 2 aromatic rings. The zero-order valence-electron chi connectivity index (χ0n) is 14.0. The summed E-state index contributed by atoms with van der Waals surface area (Å²) in [6.45, 7) is 2.63. The van der Waals surface area contributed by atoms with Gasteiger partial charge in [0, 0.05) is 18.9 Å². The summed E-state index contributed by atoms with van der Waals surface area (Å²) in [5.41, 5.74) is 0.152. The smallest absolute Gasteiger partial charge is 0.276 e. The third-order valence-corrected chi connectivity index (χ3v) is 4.91. The molecule has 25 heavy (non-hydrogen) atoms. The number of carbonyl (C=O) groups excluding carboxylic acids is 1. The second kappa shape index (κ2) is 6.84. The molecule has 0 N–H and O–H groups in total. The molecule has 2 saturated heterocycles. The van der Waals surface area contributed by atoms with Gasteiger partial charge in [0.05, 0.1) is 19.7 Å². The molecule has 0 aliphatic carbocycles. The van der Waals surface area contributed by atoms with Crippen LogP contribution in [0, 0.1) is 5.92 Å². The third-order valence-electron chi connectivity index (χ3n) is 4.91. The molecule has 0 aromatic carbocycles. The SMILES string of the molecule is O=C(c1cocn1)N1CC2(CC(CCOc3ccccn3)CCO2)C1. The number of ether oxygens (including phenoxy) is 2. The molecule has 2 aromatic heterocycles. The van der Waals surface area contributed by atoms with E-state index in [1.165, 1.54) is 12.7 Å². The number of pyridine rings is 1. The molecule has 0 saturated carbocycles. The van der Waals surface area contributed by atoms with Crippen LogP contribution in [-0.2, 0) is 4.74 Å². The molecule has 1 amide bonds. The molecule has 4 heterocycles. The van der Waals surface area contributed by atoms with Gasteiger partial charge in [-0.2, -0.15) is 0 Å². The number of nitrogens with zero attached hydrogens (tertiary/aromatic N) is 3. The zero-order valence-corrected chi connectivity index (χ0v) is 14.0. The maximum Gasteiger partial charge on any atom is 0.276 e. The second-order valence-corrected chi connectivity index (χ2v) is 6.73. The monoisotopic (exact) mass is 343 g/mol. The van der Waals surface area contributed by atoms with Crippen molar-refractivity contribution in [1.29, 1.82) is 0 Å². The average Bonchev–Trinajstić information content (AvgIpc) is 3.15. The lowest BCUT2D eigenvalue weighted by Gasteiger charge is -2.53. The highest BCUT2D eigenvalue weighted by Gasteiger charge is 2.49. The van der Waals surface area contributed by atoms with Crippen molar-refractivity contribution in [3.05, 3.63) is 42.7 Å². The second-order valence-electron chi connectivity index (χ2n) is 6.73. The van der Waals surface area contributed by atoms with Crippen LogP contribution in [0.5, 0.6) is 5.88 Å². The summed E-state index contributed by atoms with van der Waals surface area (Å²) in [5, 5.41) is 0. The quantitative estimate of drug-likeness (QED) is 0.828. The molecule has 1 atom stereocenters. The fourth-order valence-electron chi connectivity index (χ4n) is 3.63. The van der Waals surface area contributed by atoms with Gasteiger partial charge in [0.15, 0.2) is 12.1 Å². The van der Waals surface area contributed by atoms with E-state index in [2.05, 4.69) is 9.97 Å². The van der Waals surface area contributed by atoms with Crippen molar-refractivity contribution in [2.75, 3.05) is 26.3 Å². The van der Waals surface area contributed by atoms with E-state index in [0.717, 1.165) is 25.9 Å². The normalized spacial score (nSPS) is 21.8. The number of aromatic nitrogens is 2. The Morgan fingerprint density at radius 1 is 1.36 bits per heavy atom. The maximum absolute atomic E-state index is 12.2. The first kappa shape index (κ1) is 16.1. The van der Waals surface area contributed by atoms with Gasteiger partial charge in [-0.1, -0.05) is 6.07 Å². The number of hydrogen-bond donors (Lipinski definition) is 0. The highest BCUT2D eigenvalue weighted by atomic mass is 16.5. The Bertz CT molecular complexity index is 698. The molecular weight excluding hydrogens is 322 g/mol. The Hall–Kier alpha value is -2.41. The third kappa shape index (κ3) is 3.51. The van der Waals surface area contributed by atoms with Crippen molar-refractivity contribution in [2.24, 2.45) is 5.92 Å². The first-order chi connectivity index (χ1) is 12.2. The van der Waals surface area contributed by atoms with Crippen LogP contribution in [-0.4, -0.2) is 52.7 Å².